The van der Waals surface area contributed by atoms with Gasteiger partial charge in [-0.2, -0.15) is 0 Å². The second kappa shape index (κ2) is 6.68. The Morgan fingerprint density at radius 1 is 1.16 bits per heavy atom. The lowest BCUT2D eigenvalue weighted by atomic mass is 9.71. The van der Waals surface area contributed by atoms with Crippen molar-refractivity contribution >= 4 is 30.1 Å². The quantitative estimate of drug-likeness (QED) is 0.807. The molecule has 3 saturated heterocycles. The van der Waals surface area contributed by atoms with E-state index in [1.807, 2.05) is 11.8 Å². The lowest BCUT2D eigenvalue weighted by molar-refractivity contribution is -0.133. The highest BCUT2D eigenvalue weighted by Gasteiger charge is 2.38. The van der Waals surface area contributed by atoms with E-state index in [2.05, 4.69) is 10.2 Å². The van der Waals surface area contributed by atoms with Crippen LogP contribution in [0.25, 0.3) is 0 Å². The lowest BCUT2D eigenvalue weighted by Gasteiger charge is -2.44. The van der Waals surface area contributed by atoms with Crippen molar-refractivity contribution < 1.29 is 4.79 Å². The molecule has 0 saturated carbocycles. The van der Waals surface area contributed by atoms with Gasteiger partial charge in [-0.1, -0.05) is 0 Å². The maximum Gasteiger partial charge on any atom is 0.235 e. The summed E-state index contributed by atoms with van der Waals surface area (Å²) in [7, 11) is 0. The number of carbonyl (C=O) groups is 1. The van der Waals surface area contributed by atoms with Crippen molar-refractivity contribution in [2.24, 2.45) is 5.41 Å². The van der Waals surface area contributed by atoms with Crippen LogP contribution in [0.1, 0.15) is 38.5 Å². The lowest BCUT2D eigenvalue weighted by Crippen LogP contribution is -2.48. The van der Waals surface area contributed by atoms with Gasteiger partial charge in [-0.25, -0.2) is 0 Å². The topological polar surface area (TPSA) is 32.3 Å². The summed E-state index contributed by atoms with van der Waals surface area (Å²) in [6.07, 6.45) is 7.43. The molecule has 3 heterocycles. The third-order valence-electron chi connectivity index (χ3n) is 5.01. The van der Waals surface area contributed by atoms with Crippen molar-refractivity contribution in [1.29, 1.82) is 0 Å². The zero-order valence-corrected chi connectivity index (χ0v) is 13.2. The Hall–Kier alpha value is 0.0700. The fraction of sp³-hybridized carbons (Fsp3) is 0.929. The van der Waals surface area contributed by atoms with Gasteiger partial charge in [0.25, 0.3) is 0 Å². The molecule has 1 spiro atoms. The van der Waals surface area contributed by atoms with Crippen LogP contribution in [0.5, 0.6) is 0 Å². The Morgan fingerprint density at radius 3 is 2.42 bits per heavy atom. The van der Waals surface area contributed by atoms with Crippen LogP contribution in [-0.2, 0) is 4.79 Å². The molecule has 3 aliphatic rings. The first-order valence-electron chi connectivity index (χ1n) is 7.40. The molecule has 3 fully saturated rings. The number of piperidine rings is 2. The van der Waals surface area contributed by atoms with Crippen LogP contribution in [0.3, 0.4) is 0 Å². The second-order valence-corrected chi connectivity index (χ2v) is 7.39. The van der Waals surface area contributed by atoms with E-state index in [0.717, 1.165) is 19.5 Å². The Morgan fingerprint density at radius 2 is 1.84 bits per heavy atom. The van der Waals surface area contributed by atoms with Gasteiger partial charge in [0.05, 0.1) is 5.25 Å². The van der Waals surface area contributed by atoms with Crippen molar-refractivity contribution in [2.45, 2.75) is 43.8 Å². The largest absolute Gasteiger partial charge is 0.342 e. The fourth-order valence-corrected chi connectivity index (χ4v) is 4.88. The summed E-state index contributed by atoms with van der Waals surface area (Å²) in [5, 5.41) is 3.74. The summed E-state index contributed by atoms with van der Waals surface area (Å²) in [6, 6.07) is 0. The number of likely N-dealkylation sites (tertiary alicyclic amines) is 1. The van der Waals surface area contributed by atoms with Crippen LogP contribution in [0.4, 0.5) is 0 Å². The van der Waals surface area contributed by atoms with E-state index in [4.69, 9.17) is 0 Å². The summed E-state index contributed by atoms with van der Waals surface area (Å²) in [4.78, 5) is 14.5. The van der Waals surface area contributed by atoms with Gasteiger partial charge >= 0.3 is 0 Å². The molecule has 1 N–H and O–H groups in total. The molecule has 5 heteroatoms. The van der Waals surface area contributed by atoms with E-state index in [9.17, 15) is 4.79 Å². The molecule has 1 unspecified atom stereocenters. The average Bonchev–Trinajstić information content (AvgIpc) is 2.94. The van der Waals surface area contributed by atoms with Crippen molar-refractivity contribution in [3.8, 4) is 0 Å². The van der Waals surface area contributed by atoms with Gasteiger partial charge in [-0.15, -0.1) is 24.2 Å². The molecule has 110 valence electrons. The fourth-order valence-electron chi connectivity index (χ4n) is 3.63. The minimum Gasteiger partial charge on any atom is -0.342 e. The molecule has 0 aliphatic carbocycles. The molecular weight excluding hydrogens is 280 g/mol. The number of carbonyl (C=O) groups excluding carboxylic acids is 1. The van der Waals surface area contributed by atoms with Gasteiger partial charge in [0, 0.05) is 13.1 Å². The smallest absolute Gasteiger partial charge is 0.235 e. The minimum atomic E-state index is 0. The molecular formula is C14H25ClN2OS. The molecule has 0 aromatic heterocycles. The predicted molar refractivity (Wildman–Crippen MR) is 83.1 cm³/mol. The molecule has 0 bridgehead atoms. The van der Waals surface area contributed by atoms with Crippen LogP contribution in [0.15, 0.2) is 0 Å². The number of nitrogens with one attached hydrogen (secondary N) is 1. The van der Waals surface area contributed by atoms with E-state index in [0.29, 0.717) is 11.3 Å². The highest BCUT2D eigenvalue weighted by atomic mass is 35.5. The van der Waals surface area contributed by atoms with Gasteiger partial charge < -0.3 is 10.2 Å². The van der Waals surface area contributed by atoms with Gasteiger partial charge in [-0.05, 0) is 62.8 Å². The van der Waals surface area contributed by atoms with Crippen LogP contribution >= 0.6 is 24.2 Å². The molecule has 3 nitrogen and oxygen atoms in total. The number of rotatable bonds is 1. The zero-order chi connectivity index (χ0) is 12.4. The third kappa shape index (κ3) is 3.40. The first kappa shape index (κ1) is 15.5. The van der Waals surface area contributed by atoms with E-state index in [-0.39, 0.29) is 17.7 Å². The Labute approximate surface area is 126 Å². The third-order valence-corrected chi connectivity index (χ3v) is 6.37. The van der Waals surface area contributed by atoms with Gasteiger partial charge in [0.1, 0.15) is 0 Å². The zero-order valence-electron chi connectivity index (χ0n) is 11.5. The Kier molecular flexibility index (Phi) is 5.44. The first-order valence-corrected chi connectivity index (χ1v) is 8.45. The van der Waals surface area contributed by atoms with Crippen molar-refractivity contribution in [1.82, 2.24) is 10.2 Å². The Balaban J connectivity index is 0.00000133. The summed E-state index contributed by atoms with van der Waals surface area (Å²) >= 11 is 1.87. The number of amides is 1. The molecule has 0 aromatic carbocycles. The predicted octanol–water partition coefficient (Wildman–Crippen LogP) is 2.30. The second-order valence-electron chi connectivity index (χ2n) is 6.08. The summed E-state index contributed by atoms with van der Waals surface area (Å²) in [6.45, 7) is 4.37. The maximum absolute atomic E-state index is 12.4. The molecule has 1 atom stereocenters. The van der Waals surface area contributed by atoms with E-state index >= 15 is 0 Å². The van der Waals surface area contributed by atoms with Crippen molar-refractivity contribution in [2.75, 3.05) is 31.9 Å². The van der Waals surface area contributed by atoms with Crippen LogP contribution < -0.4 is 5.32 Å². The first-order chi connectivity index (χ1) is 8.79. The SMILES string of the molecule is Cl.O=C(C1CCCS1)N1CCC2(CCNCC2)CC1. The average molecular weight is 305 g/mol. The van der Waals surface area contributed by atoms with Gasteiger partial charge in [0.15, 0.2) is 0 Å². The van der Waals surface area contributed by atoms with Crippen LogP contribution in [0.2, 0.25) is 0 Å². The minimum absolute atomic E-state index is 0. The van der Waals surface area contributed by atoms with E-state index < -0.39 is 0 Å². The number of hydrogen-bond acceptors (Lipinski definition) is 3. The Bertz CT molecular complexity index is 305. The number of halogens is 1. The number of thioether (sulfide) groups is 1. The number of nitrogens with zero attached hydrogens (tertiary/aromatic N) is 1. The highest BCUT2D eigenvalue weighted by Crippen LogP contribution is 2.40. The van der Waals surface area contributed by atoms with Crippen molar-refractivity contribution in [3.63, 3.8) is 0 Å². The molecule has 3 rings (SSSR count). The summed E-state index contributed by atoms with van der Waals surface area (Å²) < 4.78 is 0. The maximum atomic E-state index is 12.4. The van der Waals surface area contributed by atoms with E-state index in [1.54, 1.807) is 0 Å². The molecule has 19 heavy (non-hydrogen) atoms. The number of hydrogen-bond donors (Lipinski definition) is 1. The van der Waals surface area contributed by atoms with E-state index in [1.165, 1.54) is 50.9 Å². The normalized spacial score (nSPS) is 30.1. The molecule has 3 aliphatic heterocycles. The highest BCUT2D eigenvalue weighted by molar-refractivity contribution is 8.00. The van der Waals surface area contributed by atoms with Gasteiger partial charge in [-0.3, -0.25) is 4.79 Å². The standard InChI is InChI=1S/C14H24N2OS.ClH/c17-13(12-2-1-11-18-12)16-9-5-14(6-10-16)3-7-15-8-4-14;/h12,15H,1-11H2;1H. The summed E-state index contributed by atoms with van der Waals surface area (Å²) in [5.41, 5.74) is 0.560. The van der Waals surface area contributed by atoms with Gasteiger partial charge in [0.2, 0.25) is 5.91 Å². The summed E-state index contributed by atoms with van der Waals surface area (Å²) in [5.74, 6) is 1.61. The van der Waals surface area contributed by atoms with Crippen molar-refractivity contribution in [3.05, 3.63) is 0 Å². The molecule has 0 aromatic rings. The monoisotopic (exact) mass is 304 g/mol. The molecule has 1 amide bonds. The molecule has 0 radical (unpaired) electrons. The van der Waals surface area contributed by atoms with Crippen LogP contribution in [-0.4, -0.2) is 48.0 Å². The van der Waals surface area contributed by atoms with Crippen LogP contribution in [0, 0.1) is 5.41 Å².